The number of Topliss-reactive ketones (excluding diaryl/α,β-unsaturated/α-hetero) is 1. The van der Waals surface area contributed by atoms with E-state index in [0.717, 1.165) is 18.6 Å². The van der Waals surface area contributed by atoms with Gasteiger partial charge in [-0.25, -0.2) is 0 Å². The highest BCUT2D eigenvalue weighted by Gasteiger charge is 2.29. The van der Waals surface area contributed by atoms with Crippen LogP contribution >= 0.6 is 11.8 Å². The first-order valence-corrected chi connectivity index (χ1v) is 11.2. The van der Waals surface area contributed by atoms with E-state index < -0.39 is 0 Å². The van der Waals surface area contributed by atoms with Crippen LogP contribution in [0.3, 0.4) is 0 Å². The maximum atomic E-state index is 13.0. The Hall–Kier alpha value is -3.13. The van der Waals surface area contributed by atoms with Crippen LogP contribution in [0, 0.1) is 5.92 Å². The minimum absolute atomic E-state index is 0.0251. The van der Waals surface area contributed by atoms with Gasteiger partial charge in [-0.1, -0.05) is 30.0 Å². The van der Waals surface area contributed by atoms with Gasteiger partial charge in [-0.15, -0.1) is 10.2 Å². The Morgan fingerprint density at radius 3 is 2.55 bits per heavy atom. The number of para-hydroxylation sites is 1. The number of piperidine rings is 1. The zero-order chi connectivity index (χ0) is 21.6. The third kappa shape index (κ3) is 5.32. The van der Waals surface area contributed by atoms with E-state index in [1.165, 1.54) is 11.8 Å². The lowest BCUT2D eigenvalue weighted by Crippen LogP contribution is -2.43. The van der Waals surface area contributed by atoms with Gasteiger partial charge in [-0.05, 0) is 49.2 Å². The largest absolute Gasteiger partial charge is 0.457 e. The summed E-state index contributed by atoms with van der Waals surface area (Å²) in [6, 6.07) is 16.7. The van der Waals surface area contributed by atoms with Gasteiger partial charge in [0.1, 0.15) is 17.8 Å². The number of benzene rings is 2. The fourth-order valence-electron chi connectivity index (χ4n) is 3.59. The first kappa shape index (κ1) is 21.1. The van der Waals surface area contributed by atoms with Gasteiger partial charge in [-0.2, -0.15) is 0 Å². The Morgan fingerprint density at radius 1 is 1.10 bits per heavy atom. The average molecular weight is 437 g/mol. The zero-order valence-corrected chi connectivity index (χ0v) is 18.1. The first-order valence-electron chi connectivity index (χ1n) is 10.2. The van der Waals surface area contributed by atoms with E-state index in [1.807, 2.05) is 49.5 Å². The summed E-state index contributed by atoms with van der Waals surface area (Å²) in [5.41, 5.74) is 0.646. The van der Waals surface area contributed by atoms with Crippen LogP contribution in [-0.4, -0.2) is 50.2 Å². The van der Waals surface area contributed by atoms with Crippen molar-refractivity contribution in [2.24, 2.45) is 13.0 Å². The van der Waals surface area contributed by atoms with Crippen LogP contribution in [0.1, 0.15) is 23.2 Å². The van der Waals surface area contributed by atoms with Gasteiger partial charge in [0.15, 0.2) is 10.9 Å². The van der Waals surface area contributed by atoms with E-state index in [2.05, 4.69) is 10.2 Å². The molecule has 160 valence electrons. The molecule has 0 bridgehead atoms. The number of ether oxygens (including phenoxy) is 1. The molecule has 1 saturated heterocycles. The molecule has 2 heterocycles. The second-order valence-corrected chi connectivity index (χ2v) is 8.44. The van der Waals surface area contributed by atoms with E-state index in [0.29, 0.717) is 35.3 Å². The van der Waals surface area contributed by atoms with Gasteiger partial charge in [0.05, 0.1) is 5.75 Å². The molecule has 0 aliphatic carbocycles. The fraction of sp³-hybridized carbons (Fsp3) is 0.304. The fourth-order valence-corrected chi connectivity index (χ4v) is 4.38. The molecule has 1 fully saturated rings. The van der Waals surface area contributed by atoms with Crippen molar-refractivity contribution in [3.8, 4) is 11.5 Å². The molecule has 0 N–H and O–H groups in total. The summed E-state index contributed by atoms with van der Waals surface area (Å²) in [7, 11) is 1.85. The molecule has 1 amide bonds. The Balaban J connectivity index is 1.33. The van der Waals surface area contributed by atoms with Crippen molar-refractivity contribution in [3.63, 3.8) is 0 Å². The molecule has 0 saturated carbocycles. The number of nitrogens with zero attached hydrogens (tertiary/aromatic N) is 4. The number of aryl methyl sites for hydroxylation is 1. The van der Waals surface area contributed by atoms with Crippen molar-refractivity contribution >= 4 is 23.5 Å². The summed E-state index contributed by atoms with van der Waals surface area (Å²) in [6.45, 7) is 1.14. The Labute approximate surface area is 185 Å². The highest BCUT2D eigenvalue weighted by molar-refractivity contribution is 7.99. The van der Waals surface area contributed by atoms with Crippen molar-refractivity contribution in [3.05, 3.63) is 66.5 Å². The van der Waals surface area contributed by atoms with E-state index >= 15 is 0 Å². The van der Waals surface area contributed by atoms with Crippen LogP contribution in [0.15, 0.2) is 66.1 Å². The standard InChI is InChI=1S/C23H24N4O3S/c1-26-16-24-25-23(26)31-15-21(28)27-13-5-6-18(14-27)22(29)17-9-11-20(12-10-17)30-19-7-3-2-4-8-19/h2-4,7-12,16,18H,5-6,13-15H2,1H3/t18-/m1/s1. The molecular formula is C23H24N4O3S. The molecule has 7 nitrogen and oxygen atoms in total. The van der Waals surface area contributed by atoms with Crippen molar-refractivity contribution in [1.29, 1.82) is 0 Å². The predicted octanol–water partition coefficient (Wildman–Crippen LogP) is 3.82. The van der Waals surface area contributed by atoms with Crippen LogP contribution in [0.25, 0.3) is 0 Å². The van der Waals surface area contributed by atoms with Gasteiger partial charge < -0.3 is 14.2 Å². The smallest absolute Gasteiger partial charge is 0.233 e. The van der Waals surface area contributed by atoms with Crippen LogP contribution in [0.4, 0.5) is 0 Å². The highest BCUT2D eigenvalue weighted by atomic mass is 32.2. The van der Waals surface area contributed by atoms with Gasteiger partial charge in [0.25, 0.3) is 0 Å². The van der Waals surface area contributed by atoms with E-state index in [-0.39, 0.29) is 17.6 Å². The molecule has 8 heteroatoms. The molecule has 31 heavy (non-hydrogen) atoms. The van der Waals surface area contributed by atoms with Crippen molar-refractivity contribution in [2.75, 3.05) is 18.8 Å². The lowest BCUT2D eigenvalue weighted by atomic mass is 9.90. The molecule has 1 aromatic heterocycles. The van der Waals surface area contributed by atoms with Gasteiger partial charge in [0, 0.05) is 31.6 Å². The molecule has 1 atom stereocenters. The Kier molecular flexibility index (Phi) is 6.66. The molecule has 0 spiro atoms. The lowest BCUT2D eigenvalue weighted by Gasteiger charge is -2.32. The molecule has 0 unspecified atom stereocenters. The maximum absolute atomic E-state index is 13.0. The number of carbonyl (C=O) groups excluding carboxylic acids is 2. The van der Waals surface area contributed by atoms with Gasteiger partial charge >= 0.3 is 0 Å². The minimum atomic E-state index is -0.182. The number of carbonyl (C=O) groups is 2. The van der Waals surface area contributed by atoms with Crippen LogP contribution in [0.5, 0.6) is 11.5 Å². The molecular weight excluding hydrogens is 412 g/mol. The van der Waals surface area contributed by atoms with Crippen LogP contribution in [-0.2, 0) is 11.8 Å². The predicted molar refractivity (Wildman–Crippen MR) is 118 cm³/mol. The minimum Gasteiger partial charge on any atom is -0.457 e. The number of likely N-dealkylation sites (tertiary alicyclic amines) is 1. The quantitative estimate of drug-likeness (QED) is 0.414. The summed E-state index contributed by atoms with van der Waals surface area (Å²) in [6.07, 6.45) is 3.23. The summed E-state index contributed by atoms with van der Waals surface area (Å²) < 4.78 is 7.58. The second kappa shape index (κ2) is 9.78. The number of aromatic nitrogens is 3. The number of rotatable bonds is 7. The Bertz CT molecular complexity index is 1040. The SMILES string of the molecule is Cn1cnnc1SCC(=O)N1CCC[C@@H](C(=O)c2ccc(Oc3ccccc3)cc2)C1. The van der Waals surface area contributed by atoms with Crippen molar-refractivity contribution < 1.29 is 14.3 Å². The van der Waals surface area contributed by atoms with Crippen LogP contribution in [0.2, 0.25) is 0 Å². The second-order valence-electron chi connectivity index (χ2n) is 7.50. The summed E-state index contributed by atoms with van der Waals surface area (Å²) >= 11 is 1.36. The number of thioether (sulfide) groups is 1. The molecule has 0 radical (unpaired) electrons. The van der Waals surface area contributed by atoms with Crippen molar-refractivity contribution in [2.45, 2.75) is 18.0 Å². The van der Waals surface area contributed by atoms with E-state index in [9.17, 15) is 9.59 Å². The number of amides is 1. The van der Waals surface area contributed by atoms with E-state index in [4.69, 9.17) is 4.74 Å². The zero-order valence-electron chi connectivity index (χ0n) is 17.3. The number of ketones is 1. The summed E-state index contributed by atoms with van der Waals surface area (Å²) in [5.74, 6) is 1.64. The van der Waals surface area contributed by atoms with Crippen molar-refractivity contribution in [1.82, 2.24) is 19.7 Å². The number of hydrogen-bond acceptors (Lipinski definition) is 6. The molecule has 2 aromatic carbocycles. The van der Waals surface area contributed by atoms with Crippen LogP contribution < -0.4 is 4.74 Å². The Morgan fingerprint density at radius 2 is 1.84 bits per heavy atom. The molecule has 1 aliphatic heterocycles. The maximum Gasteiger partial charge on any atom is 0.233 e. The average Bonchev–Trinajstić information content (AvgIpc) is 3.23. The first-order chi connectivity index (χ1) is 15.1. The molecule has 3 aromatic rings. The molecule has 1 aliphatic rings. The normalized spacial score (nSPS) is 16.2. The summed E-state index contributed by atoms with van der Waals surface area (Å²) in [5, 5.41) is 8.52. The highest BCUT2D eigenvalue weighted by Crippen LogP contribution is 2.25. The van der Waals surface area contributed by atoms with Gasteiger partial charge in [-0.3, -0.25) is 9.59 Å². The third-order valence-corrected chi connectivity index (χ3v) is 6.28. The molecule has 4 rings (SSSR count). The lowest BCUT2D eigenvalue weighted by molar-refractivity contribution is -0.129. The number of hydrogen-bond donors (Lipinski definition) is 0. The van der Waals surface area contributed by atoms with Gasteiger partial charge in [0.2, 0.25) is 5.91 Å². The topological polar surface area (TPSA) is 77.3 Å². The van der Waals surface area contributed by atoms with E-state index in [1.54, 1.807) is 27.9 Å². The monoisotopic (exact) mass is 436 g/mol. The third-order valence-electron chi connectivity index (χ3n) is 5.26. The summed E-state index contributed by atoms with van der Waals surface area (Å²) in [4.78, 5) is 27.5.